The monoisotopic (exact) mass is 365 g/mol. The van der Waals surface area contributed by atoms with Crippen molar-refractivity contribution in [1.82, 2.24) is 15.5 Å². The molecule has 1 heterocycles. The van der Waals surface area contributed by atoms with Gasteiger partial charge in [0.15, 0.2) is 6.61 Å². The number of nitrogens with one attached hydrogen (secondary N) is 2. The minimum Gasteiger partial charge on any atom is -0.483 e. The van der Waals surface area contributed by atoms with Crippen molar-refractivity contribution in [2.45, 2.75) is 44.2 Å². The van der Waals surface area contributed by atoms with Crippen molar-refractivity contribution in [3.63, 3.8) is 0 Å². The molecule has 25 heavy (non-hydrogen) atoms. The minimum absolute atomic E-state index is 0.0379. The number of hydrogen-bond acceptors (Lipinski definition) is 5. The first-order chi connectivity index (χ1) is 12.0. The Morgan fingerprint density at radius 2 is 2.00 bits per heavy atom. The zero-order chi connectivity index (χ0) is 17.9. The van der Waals surface area contributed by atoms with Gasteiger partial charge < -0.3 is 20.3 Å². The Morgan fingerprint density at radius 1 is 1.28 bits per heavy atom. The van der Waals surface area contributed by atoms with Crippen molar-refractivity contribution in [2.24, 2.45) is 5.41 Å². The molecule has 1 aromatic heterocycles. The molecule has 2 fully saturated rings. The largest absolute Gasteiger partial charge is 0.483 e. The third-order valence-electron chi connectivity index (χ3n) is 4.95. The molecule has 0 saturated heterocycles. The summed E-state index contributed by atoms with van der Waals surface area (Å²) in [5.41, 5.74) is -0.181. The van der Waals surface area contributed by atoms with Gasteiger partial charge in [0.25, 0.3) is 5.91 Å². The van der Waals surface area contributed by atoms with Crippen LogP contribution in [-0.2, 0) is 9.59 Å². The molecule has 7 heteroatoms. The molecule has 2 saturated carbocycles. The van der Waals surface area contributed by atoms with Crippen LogP contribution in [0.1, 0.15) is 32.1 Å². The number of ether oxygens (including phenoxy) is 1. The molecule has 2 aliphatic rings. The van der Waals surface area contributed by atoms with E-state index in [0.717, 1.165) is 44.4 Å². The van der Waals surface area contributed by atoms with Gasteiger partial charge in [0.1, 0.15) is 5.75 Å². The lowest BCUT2D eigenvalue weighted by atomic mass is 10.0. The van der Waals surface area contributed by atoms with Gasteiger partial charge in [-0.3, -0.25) is 9.59 Å². The molecule has 138 valence electrons. The van der Waals surface area contributed by atoms with E-state index in [2.05, 4.69) is 15.5 Å². The summed E-state index contributed by atoms with van der Waals surface area (Å²) in [7, 11) is 4.01. The molecule has 2 aliphatic carbocycles. The third kappa shape index (κ3) is 4.95. The number of thiophene rings is 1. The Hall–Kier alpha value is -1.60. The zero-order valence-electron chi connectivity index (χ0n) is 14.9. The lowest BCUT2D eigenvalue weighted by Crippen LogP contribution is -2.43. The predicted molar refractivity (Wildman–Crippen MR) is 97.7 cm³/mol. The highest BCUT2D eigenvalue weighted by molar-refractivity contribution is 7.08. The Morgan fingerprint density at radius 3 is 2.60 bits per heavy atom. The molecular weight excluding hydrogens is 338 g/mol. The van der Waals surface area contributed by atoms with E-state index in [-0.39, 0.29) is 35.9 Å². The van der Waals surface area contributed by atoms with E-state index in [1.165, 1.54) is 0 Å². The van der Waals surface area contributed by atoms with Crippen molar-refractivity contribution in [3.8, 4) is 5.75 Å². The molecule has 6 nitrogen and oxygen atoms in total. The van der Waals surface area contributed by atoms with Gasteiger partial charge in [0, 0.05) is 24.0 Å². The van der Waals surface area contributed by atoms with Crippen molar-refractivity contribution >= 4 is 23.2 Å². The molecule has 1 aromatic rings. The van der Waals surface area contributed by atoms with Gasteiger partial charge in [0.2, 0.25) is 5.91 Å². The summed E-state index contributed by atoms with van der Waals surface area (Å²) < 4.78 is 5.42. The molecular formula is C18H27N3O3S. The number of carbonyl (C=O) groups is 2. The van der Waals surface area contributed by atoms with Crippen molar-refractivity contribution < 1.29 is 14.3 Å². The number of amides is 2. The molecule has 3 rings (SSSR count). The van der Waals surface area contributed by atoms with Gasteiger partial charge >= 0.3 is 0 Å². The Labute approximate surface area is 152 Å². The Balaban J connectivity index is 1.38. The van der Waals surface area contributed by atoms with Gasteiger partial charge in [-0.25, -0.2) is 0 Å². The molecule has 0 aromatic carbocycles. The van der Waals surface area contributed by atoms with Crippen LogP contribution in [0.3, 0.4) is 0 Å². The zero-order valence-corrected chi connectivity index (χ0v) is 15.7. The normalized spacial score (nSPS) is 24.1. The second-order valence-corrected chi connectivity index (χ2v) is 8.29. The van der Waals surface area contributed by atoms with Crippen LogP contribution >= 0.6 is 11.3 Å². The van der Waals surface area contributed by atoms with Gasteiger partial charge in [-0.1, -0.05) is 0 Å². The summed E-state index contributed by atoms with van der Waals surface area (Å²) in [6.45, 7) is 0.849. The molecule has 0 unspecified atom stereocenters. The SMILES string of the molecule is CN(C)CC1(C(=O)N[C@@H]2CC[C@H](NC(=O)COc3ccsc3)C2)CC1. The standard InChI is InChI=1S/C18H27N3O3S/c1-21(2)12-18(6-7-18)17(23)20-14-4-3-13(9-14)19-16(22)10-24-15-5-8-25-11-15/h5,8,11,13-14H,3-4,6-7,9-10,12H2,1-2H3,(H,19,22)(H,20,23)/t13-,14+/m0/s1. The molecule has 2 atom stereocenters. The maximum Gasteiger partial charge on any atom is 0.258 e. The maximum absolute atomic E-state index is 12.5. The molecule has 0 radical (unpaired) electrons. The summed E-state index contributed by atoms with van der Waals surface area (Å²) in [5, 5.41) is 10.00. The van der Waals surface area contributed by atoms with Crippen LogP contribution in [-0.4, -0.2) is 56.0 Å². The fourth-order valence-corrected chi connectivity index (χ4v) is 4.12. The number of rotatable bonds is 8. The number of nitrogens with zero attached hydrogens (tertiary/aromatic N) is 1. The fraction of sp³-hybridized carbons (Fsp3) is 0.667. The van der Waals surface area contributed by atoms with E-state index >= 15 is 0 Å². The van der Waals surface area contributed by atoms with E-state index in [9.17, 15) is 9.59 Å². The van der Waals surface area contributed by atoms with Crippen molar-refractivity contribution in [3.05, 3.63) is 16.8 Å². The van der Waals surface area contributed by atoms with Crippen LogP contribution in [0.25, 0.3) is 0 Å². The highest BCUT2D eigenvalue weighted by Crippen LogP contribution is 2.46. The van der Waals surface area contributed by atoms with Crippen LogP contribution in [0.15, 0.2) is 16.8 Å². The van der Waals surface area contributed by atoms with Crippen LogP contribution in [0.2, 0.25) is 0 Å². The van der Waals surface area contributed by atoms with E-state index in [4.69, 9.17) is 4.74 Å². The predicted octanol–water partition coefficient (Wildman–Crippen LogP) is 1.62. The van der Waals surface area contributed by atoms with E-state index in [1.807, 2.05) is 30.9 Å². The number of hydrogen-bond donors (Lipinski definition) is 2. The van der Waals surface area contributed by atoms with Gasteiger partial charge in [0.05, 0.1) is 5.41 Å². The smallest absolute Gasteiger partial charge is 0.258 e. The Kier molecular flexibility index (Phi) is 5.64. The second-order valence-electron chi connectivity index (χ2n) is 7.51. The molecule has 0 aliphatic heterocycles. The maximum atomic E-state index is 12.5. The van der Waals surface area contributed by atoms with E-state index in [0.29, 0.717) is 0 Å². The van der Waals surface area contributed by atoms with E-state index in [1.54, 1.807) is 11.3 Å². The average molecular weight is 365 g/mol. The molecule has 2 amide bonds. The first kappa shape index (κ1) is 18.2. The third-order valence-corrected chi connectivity index (χ3v) is 5.61. The summed E-state index contributed by atoms with van der Waals surface area (Å²) in [4.78, 5) is 26.6. The summed E-state index contributed by atoms with van der Waals surface area (Å²) in [6, 6.07) is 2.13. The van der Waals surface area contributed by atoms with Gasteiger partial charge in [-0.05, 0) is 57.6 Å². The summed E-state index contributed by atoms with van der Waals surface area (Å²) >= 11 is 1.54. The van der Waals surface area contributed by atoms with Crippen molar-refractivity contribution in [2.75, 3.05) is 27.2 Å². The van der Waals surface area contributed by atoms with Crippen LogP contribution < -0.4 is 15.4 Å². The summed E-state index contributed by atoms with van der Waals surface area (Å²) in [6.07, 6.45) is 4.57. The first-order valence-corrected chi connectivity index (χ1v) is 9.81. The van der Waals surface area contributed by atoms with Crippen LogP contribution in [0.4, 0.5) is 0 Å². The van der Waals surface area contributed by atoms with Crippen LogP contribution in [0.5, 0.6) is 5.75 Å². The minimum atomic E-state index is -0.181. The van der Waals surface area contributed by atoms with Gasteiger partial charge in [-0.15, -0.1) is 11.3 Å². The molecule has 2 N–H and O–H groups in total. The topological polar surface area (TPSA) is 70.7 Å². The summed E-state index contributed by atoms with van der Waals surface area (Å²) in [5.74, 6) is 0.806. The second kappa shape index (κ2) is 7.74. The van der Waals surface area contributed by atoms with Gasteiger partial charge in [-0.2, -0.15) is 0 Å². The van der Waals surface area contributed by atoms with Crippen molar-refractivity contribution in [1.29, 1.82) is 0 Å². The molecule has 0 bridgehead atoms. The van der Waals surface area contributed by atoms with Crippen LogP contribution in [0, 0.1) is 5.41 Å². The fourth-order valence-electron chi connectivity index (χ4n) is 3.55. The highest BCUT2D eigenvalue weighted by atomic mass is 32.1. The lowest BCUT2D eigenvalue weighted by Gasteiger charge is -2.22. The Bertz CT molecular complexity index is 599. The highest BCUT2D eigenvalue weighted by Gasteiger charge is 2.50. The molecule has 0 spiro atoms. The first-order valence-electron chi connectivity index (χ1n) is 8.87. The quantitative estimate of drug-likeness (QED) is 0.734. The van der Waals surface area contributed by atoms with E-state index < -0.39 is 0 Å². The number of carbonyl (C=O) groups excluding carboxylic acids is 2. The lowest BCUT2D eigenvalue weighted by molar-refractivity contribution is -0.127. The average Bonchev–Trinajstić information content (AvgIpc) is 2.97.